The van der Waals surface area contributed by atoms with Gasteiger partial charge in [0.1, 0.15) is 5.82 Å². The van der Waals surface area contributed by atoms with Crippen LogP contribution in [0.25, 0.3) is 16.6 Å². The molecule has 0 saturated carbocycles. The zero-order chi connectivity index (χ0) is 20.1. The number of carboxylic acids is 1. The van der Waals surface area contributed by atoms with Gasteiger partial charge in [-0.15, -0.1) is 0 Å². The minimum atomic E-state index is -0.875. The second kappa shape index (κ2) is 9.23. The Morgan fingerprint density at radius 2 is 2.14 bits per heavy atom. The maximum atomic E-state index is 10.6. The highest BCUT2D eigenvalue weighted by molar-refractivity contribution is 6.45. The molecule has 28 heavy (non-hydrogen) atoms. The van der Waals surface area contributed by atoms with Crippen molar-refractivity contribution in [2.75, 3.05) is 31.2 Å². The van der Waals surface area contributed by atoms with Gasteiger partial charge in [0, 0.05) is 36.9 Å². The molecule has 0 aliphatic heterocycles. The van der Waals surface area contributed by atoms with E-state index >= 15 is 0 Å². The van der Waals surface area contributed by atoms with Crippen molar-refractivity contribution in [2.24, 2.45) is 0 Å². The van der Waals surface area contributed by atoms with Crippen molar-refractivity contribution in [2.45, 2.75) is 13.3 Å². The predicted molar refractivity (Wildman–Crippen MR) is 110 cm³/mol. The molecule has 0 radical (unpaired) electrons. The van der Waals surface area contributed by atoms with E-state index in [0.29, 0.717) is 35.3 Å². The maximum absolute atomic E-state index is 10.6. The van der Waals surface area contributed by atoms with Crippen molar-refractivity contribution in [1.82, 2.24) is 14.5 Å². The standard InChI is InChI=1S/C19H20Cl2N4O3/c1-2-24(8-10-28-9-5-17(26)27)16-11-15(25-7-6-22-12-25)13-3-4-14(20)18(21)19(13)23-16/h3-4,6-7,11-12H,2,5,8-10H2,1H3,(H,26,27). The fourth-order valence-electron chi connectivity index (χ4n) is 2.85. The van der Waals surface area contributed by atoms with E-state index in [1.165, 1.54) is 0 Å². The molecule has 7 nitrogen and oxygen atoms in total. The van der Waals surface area contributed by atoms with Gasteiger partial charge in [0.25, 0.3) is 0 Å². The van der Waals surface area contributed by atoms with Gasteiger partial charge >= 0.3 is 5.97 Å². The van der Waals surface area contributed by atoms with Crippen LogP contribution in [0.2, 0.25) is 10.0 Å². The summed E-state index contributed by atoms with van der Waals surface area (Å²) in [7, 11) is 0. The number of aliphatic carboxylic acids is 1. The fraction of sp³-hybridized carbons (Fsp3) is 0.316. The zero-order valence-corrected chi connectivity index (χ0v) is 16.8. The highest BCUT2D eigenvalue weighted by atomic mass is 35.5. The van der Waals surface area contributed by atoms with E-state index in [1.54, 1.807) is 18.6 Å². The summed E-state index contributed by atoms with van der Waals surface area (Å²) < 4.78 is 7.32. The van der Waals surface area contributed by atoms with Crippen molar-refractivity contribution >= 4 is 45.9 Å². The van der Waals surface area contributed by atoms with Gasteiger partial charge in [-0.25, -0.2) is 9.97 Å². The lowest BCUT2D eigenvalue weighted by Crippen LogP contribution is -2.28. The number of aromatic nitrogens is 3. The molecular weight excluding hydrogens is 403 g/mol. The second-order valence-corrected chi connectivity index (χ2v) is 6.85. The molecule has 148 valence electrons. The molecule has 0 aliphatic rings. The smallest absolute Gasteiger partial charge is 0.305 e. The van der Waals surface area contributed by atoms with Gasteiger partial charge in [0.2, 0.25) is 0 Å². The first-order valence-corrected chi connectivity index (χ1v) is 9.58. The molecule has 2 aromatic heterocycles. The summed E-state index contributed by atoms with van der Waals surface area (Å²) in [6, 6.07) is 5.61. The highest BCUT2D eigenvalue weighted by Gasteiger charge is 2.15. The molecular formula is C19H20Cl2N4O3. The summed E-state index contributed by atoms with van der Waals surface area (Å²) >= 11 is 12.6. The fourth-order valence-corrected chi connectivity index (χ4v) is 3.21. The van der Waals surface area contributed by atoms with Crippen LogP contribution in [0.3, 0.4) is 0 Å². The molecule has 0 spiro atoms. The number of rotatable bonds is 9. The third-order valence-electron chi connectivity index (χ3n) is 4.29. The van der Waals surface area contributed by atoms with Gasteiger partial charge in [-0.3, -0.25) is 4.79 Å². The number of anilines is 1. The van der Waals surface area contributed by atoms with Crippen LogP contribution < -0.4 is 4.90 Å². The van der Waals surface area contributed by atoms with Crippen molar-refractivity contribution in [3.05, 3.63) is 47.0 Å². The zero-order valence-electron chi connectivity index (χ0n) is 15.3. The van der Waals surface area contributed by atoms with Crippen LogP contribution in [0.1, 0.15) is 13.3 Å². The number of imidazole rings is 1. The average molecular weight is 423 g/mol. The number of hydrogen-bond acceptors (Lipinski definition) is 5. The van der Waals surface area contributed by atoms with Gasteiger partial charge in [-0.1, -0.05) is 23.2 Å². The van der Waals surface area contributed by atoms with Gasteiger partial charge in [-0.2, -0.15) is 0 Å². The number of hydrogen-bond donors (Lipinski definition) is 1. The summed E-state index contributed by atoms with van der Waals surface area (Å²) in [5.74, 6) is -0.148. The normalized spacial score (nSPS) is 11.1. The highest BCUT2D eigenvalue weighted by Crippen LogP contribution is 2.34. The number of nitrogens with zero attached hydrogens (tertiary/aromatic N) is 4. The lowest BCUT2D eigenvalue weighted by molar-refractivity contribution is -0.138. The number of ether oxygens (including phenoxy) is 1. The molecule has 0 atom stereocenters. The second-order valence-electron chi connectivity index (χ2n) is 6.06. The molecule has 1 aromatic carbocycles. The minimum Gasteiger partial charge on any atom is -0.481 e. The molecule has 0 aliphatic carbocycles. The Hall–Kier alpha value is -2.35. The summed E-state index contributed by atoms with van der Waals surface area (Å²) in [4.78, 5) is 21.5. The number of benzene rings is 1. The summed E-state index contributed by atoms with van der Waals surface area (Å²) in [6.45, 7) is 3.85. The maximum Gasteiger partial charge on any atom is 0.305 e. The van der Waals surface area contributed by atoms with Crippen molar-refractivity contribution in [3.63, 3.8) is 0 Å². The van der Waals surface area contributed by atoms with Crippen LogP contribution in [0.4, 0.5) is 5.82 Å². The predicted octanol–water partition coefficient (Wildman–Crippen LogP) is 4.04. The van der Waals surface area contributed by atoms with Crippen LogP contribution in [0.5, 0.6) is 0 Å². The van der Waals surface area contributed by atoms with Crippen LogP contribution >= 0.6 is 23.2 Å². The molecule has 9 heteroatoms. The van der Waals surface area contributed by atoms with Crippen molar-refractivity contribution in [3.8, 4) is 5.69 Å². The Kier molecular flexibility index (Phi) is 6.72. The van der Waals surface area contributed by atoms with Crippen LogP contribution in [-0.2, 0) is 9.53 Å². The lowest BCUT2D eigenvalue weighted by atomic mass is 10.1. The lowest BCUT2D eigenvalue weighted by Gasteiger charge is -2.23. The molecule has 1 N–H and O–H groups in total. The SMILES string of the molecule is CCN(CCOCCC(=O)O)c1cc(-n2ccnc2)c2ccc(Cl)c(Cl)c2n1. The Labute approximate surface area is 172 Å². The number of pyridine rings is 1. The molecule has 0 fully saturated rings. The molecule has 3 rings (SSSR count). The monoisotopic (exact) mass is 422 g/mol. The number of carbonyl (C=O) groups is 1. The molecule has 3 aromatic rings. The van der Waals surface area contributed by atoms with Gasteiger partial charge < -0.3 is 19.3 Å². The topological polar surface area (TPSA) is 80.5 Å². The molecule has 0 saturated heterocycles. The Morgan fingerprint density at radius 3 is 2.82 bits per heavy atom. The number of halogens is 2. The Bertz CT molecular complexity index is 963. The van der Waals surface area contributed by atoms with Crippen LogP contribution in [0.15, 0.2) is 36.9 Å². The van der Waals surface area contributed by atoms with E-state index in [2.05, 4.69) is 4.98 Å². The average Bonchev–Trinajstić information content (AvgIpc) is 3.21. The van der Waals surface area contributed by atoms with Gasteiger partial charge in [-0.05, 0) is 19.1 Å². The largest absolute Gasteiger partial charge is 0.481 e. The van der Waals surface area contributed by atoms with E-state index in [1.807, 2.05) is 34.7 Å². The first-order chi connectivity index (χ1) is 13.5. The first-order valence-electron chi connectivity index (χ1n) is 8.82. The van der Waals surface area contributed by atoms with Crippen molar-refractivity contribution < 1.29 is 14.6 Å². The third-order valence-corrected chi connectivity index (χ3v) is 5.09. The summed E-state index contributed by atoms with van der Waals surface area (Å²) in [6.07, 6.45) is 5.26. The molecule has 0 unspecified atom stereocenters. The number of carboxylic acid groups (broad SMARTS) is 1. The van der Waals surface area contributed by atoms with E-state index in [9.17, 15) is 4.79 Å². The quantitative estimate of drug-likeness (QED) is 0.524. The first kappa shape index (κ1) is 20.4. The van der Waals surface area contributed by atoms with Crippen LogP contribution in [0, 0.1) is 0 Å². The molecule has 2 heterocycles. The number of fused-ring (bicyclic) bond motifs is 1. The van der Waals surface area contributed by atoms with E-state index < -0.39 is 5.97 Å². The van der Waals surface area contributed by atoms with Gasteiger partial charge in [0.15, 0.2) is 0 Å². The summed E-state index contributed by atoms with van der Waals surface area (Å²) in [5.41, 5.74) is 1.50. The minimum absolute atomic E-state index is 0.0146. The van der Waals surface area contributed by atoms with E-state index in [0.717, 1.165) is 16.9 Å². The van der Waals surface area contributed by atoms with E-state index in [4.69, 9.17) is 38.0 Å². The summed E-state index contributed by atoms with van der Waals surface area (Å²) in [5, 5.41) is 10.4. The van der Waals surface area contributed by atoms with Gasteiger partial charge in [0.05, 0.1) is 47.2 Å². The van der Waals surface area contributed by atoms with E-state index in [-0.39, 0.29) is 13.0 Å². The third kappa shape index (κ3) is 4.55. The molecule has 0 amide bonds. The Balaban J connectivity index is 1.93. The van der Waals surface area contributed by atoms with Crippen LogP contribution in [-0.4, -0.2) is 51.9 Å². The number of likely N-dealkylation sites (N-methyl/N-ethyl adjacent to an activating group) is 1. The Morgan fingerprint density at radius 1 is 1.32 bits per heavy atom. The van der Waals surface area contributed by atoms with Crippen molar-refractivity contribution in [1.29, 1.82) is 0 Å². The molecule has 0 bridgehead atoms.